The van der Waals surface area contributed by atoms with Crippen LogP contribution in [0.4, 0.5) is 8.78 Å². The number of rotatable bonds is 5. The molecule has 0 bridgehead atoms. The van der Waals surface area contributed by atoms with E-state index in [-0.39, 0.29) is 5.92 Å². The van der Waals surface area contributed by atoms with Gasteiger partial charge in [-0.3, -0.25) is 0 Å². The number of aldehydes is 1. The molecule has 0 saturated heterocycles. The van der Waals surface area contributed by atoms with Crippen LogP contribution in [0, 0.1) is 0 Å². The van der Waals surface area contributed by atoms with E-state index in [9.17, 15) is 13.6 Å². The van der Waals surface area contributed by atoms with E-state index < -0.39 is 5.76 Å². The fraction of sp³-hybridized carbons (Fsp3) is 0.364. The molecular weight excluding hydrogens is 218 g/mol. The number of carbonyl (C=O) groups excluding carboxylic acids is 1. The molecule has 0 radical (unpaired) electrons. The largest absolute Gasteiger partial charge is 0.303 e. The second kappa shape index (κ2) is 5.85. The molecule has 0 aliphatic rings. The van der Waals surface area contributed by atoms with Crippen LogP contribution in [0.25, 0.3) is 0 Å². The first-order valence-corrected chi connectivity index (χ1v) is 5.50. The molecular formula is C11H12F2OS. The Kier molecular flexibility index (Phi) is 4.75. The van der Waals surface area contributed by atoms with Crippen molar-refractivity contribution in [1.82, 2.24) is 0 Å². The van der Waals surface area contributed by atoms with Gasteiger partial charge in [0, 0.05) is 11.3 Å². The maximum Gasteiger partial charge on any atom is 0.288 e. The number of hydrogen-bond donors (Lipinski definition) is 0. The molecule has 15 heavy (non-hydrogen) atoms. The monoisotopic (exact) mass is 230 g/mol. The highest BCUT2D eigenvalue weighted by Gasteiger charge is 2.08. The van der Waals surface area contributed by atoms with Gasteiger partial charge < -0.3 is 4.79 Å². The second-order valence-corrected chi connectivity index (χ2v) is 4.32. The molecule has 0 amide bonds. The minimum absolute atomic E-state index is 0.0840. The number of benzene rings is 1. The summed E-state index contributed by atoms with van der Waals surface area (Å²) in [5.74, 6) is -2.32. The Morgan fingerprint density at radius 1 is 1.47 bits per heavy atom. The Hall–Kier alpha value is -0.900. The SMILES string of the molecule is CC(CC=O)c1cccc(SC(F)F)c1. The van der Waals surface area contributed by atoms with Gasteiger partial charge in [0.05, 0.1) is 0 Å². The molecule has 1 unspecified atom stereocenters. The van der Waals surface area contributed by atoms with Gasteiger partial charge in [0.2, 0.25) is 0 Å². The summed E-state index contributed by atoms with van der Waals surface area (Å²) in [4.78, 5) is 10.9. The van der Waals surface area contributed by atoms with Gasteiger partial charge in [-0.15, -0.1) is 0 Å². The third-order valence-corrected chi connectivity index (χ3v) is 2.81. The number of thioether (sulfide) groups is 1. The second-order valence-electron chi connectivity index (χ2n) is 3.25. The van der Waals surface area contributed by atoms with Crippen LogP contribution >= 0.6 is 11.8 Å². The number of carbonyl (C=O) groups is 1. The summed E-state index contributed by atoms with van der Waals surface area (Å²) in [6.45, 7) is 1.90. The van der Waals surface area contributed by atoms with E-state index in [1.165, 1.54) is 0 Å². The van der Waals surface area contributed by atoms with Crippen molar-refractivity contribution in [1.29, 1.82) is 0 Å². The maximum atomic E-state index is 12.1. The summed E-state index contributed by atoms with van der Waals surface area (Å²) >= 11 is 0.526. The lowest BCUT2D eigenvalue weighted by Crippen LogP contribution is -1.94. The zero-order chi connectivity index (χ0) is 11.3. The Balaban J connectivity index is 2.77. The van der Waals surface area contributed by atoms with Gasteiger partial charge in [0.1, 0.15) is 6.29 Å². The molecule has 0 aliphatic carbocycles. The van der Waals surface area contributed by atoms with Crippen molar-refractivity contribution in [3.05, 3.63) is 29.8 Å². The summed E-state index contributed by atoms with van der Waals surface area (Å²) in [6.07, 6.45) is 1.26. The van der Waals surface area contributed by atoms with Gasteiger partial charge in [0.25, 0.3) is 5.76 Å². The van der Waals surface area contributed by atoms with Crippen molar-refractivity contribution < 1.29 is 13.6 Å². The normalized spacial score (nSPS) is 12.8. The zero-order valence-corrected chi connectivity index (χ0v) is 9.14. The highest BCUT2D eigenvalue weighted by Crippen LogP contribution is 2.28. The smallest absolute Gasteiger partial charge is 0.288 e. The topological polar surface area (TPSA) is 17.1 Å². The van der Waals surface area contributed by atoms with E-state index in [0.29, 0.717) is 23.1 Å². The Bertz CT molecular complexity index is 328. The van der Waals surface area contributed by atoms with Gasteiger partial charge in [-0.05, 0) is 23.6 Å². The number of alkyl halides is 2. The van der Waals surface area contributed by atoms with Crippen molar-refractivity contribution in [2.24, 2.45) is 0 Å². The first-order valence-electron chi connectivity index (χ1n) is 4.62. The van der Waals surface area contributed by atoms with Gasteiger partial charge in [-0.25, -0.2) is 0 Å². The maximum absolute atomic E-state index is 12.1. The summed E-state index contributed by atoms with van der Waals surface area (Å²) in [5.41, 5.74) is 0.924. The van der Waals surface area contributed by atoms with E-state index in [1.54, 1.807) is 18.2 Å². The molecule has 1 nitrogen and oxygen atoms in total. The predicted molar refractivity (Wildman–Crippen MR) is 57.4 cm³/mol. The van der Waals surface area contributed by atoms with E-state index in [0.717, 1.165) is 11.8 Å². The number of hydrogen-bond acceptors (Lipinski definition) is 2. The minimum Gasteiger partial charge on any atom is -0.303 e. The molecule has 1 aromatic rings. The molecule has 0 aromatic heterocycles. The average Bonchev–Trinajstić information content (AvgIpc) is 2.17. The van der Waals surface area contributed by atoms with Crippen molar-refractivity contribution in [2.45, 2.75) is 29.9 Å². The molecule has 1 atom stereocenters. The molecule has 1 aromatic carbocycles. The standard InChI is InChI=1S/C11H12F2OS/c1-8(5-6-14)9-3-2-4-10(7-9)15-11(12)13/h2-4,6-8,11H,5H2,1H3. The molecule has 4 heteroatoms. The lowest BCUT2D eigenvalue weighted by Gasteiger charge is -2.09. The summed E-state index contributed by atoms with van der Waals surface area (Å²) in [6, 6.07) is 6.95. The molecule has 0 fully saturated rings. The molecule has 1 rings (SSSR count). The highest BCUT2D eigenvalue weighted by molar-refractivity contribution is 7.99. The summed E-state index contributed by atoms with van der Waals surface area (Å²) < 4.78 is 24.2. The lowest BCUT2D eigenvalue weighted by molar-refractivity contribution is -0.108. The highest BCUT2D eigenvalue weighted by atomic mass is 32.2. The van der Waals surface area contributed by atoms with Crippen LogP contribution < -0.4 is 0 Å². The van der Waals surface area contributed by atoms with Gasteiger partial charge in [-0.1, -0.05) is 30.8 Å². The fourth-order valence-corrected chi connectivity index (χ4v) is 1.84. The van der Waals surface area contributed by atoms with E-state index in [1.807, 2.05) is 13.0 Å². The average molecular weight is 230 g/mol. The molecule has 0 aliphatic heterocycles. The summed E-state index contributed by atoms with van der Waals surface area (Å²) in [5, 5.41) is 0. The van der Waals surface area contributed by atoms with Crippen molar-refractivity contribution in [3.63, 3.8) is 0 Å². The minimum atomic E-state index is -2.40. The molecule has 82 valence electrons. The van der Waals surface area contributed by atoms with Crippen LogP contribution in [0.5, 0.6) is 0 Å². The molecule has 0 heterocycles. The van der Waals surface area contributed by atoms with Gasteiger partial charge in [-0.2, -0.15) is 8.78 Å². The Labute approximate surface area is 91.9 Å². The van der Waals surface area contributed by atoms with Crippen molar-refractivity contribution in [2.75, 3.05) is 0 Å². The van der Waals surface area contributed by atoms with Crippen LogP contribution in [0.3, 0.4) is 0 Å². The number of halogens is 2. The third kappa shape index (κ3) is 4.00. The quantitative estimate of drug-likeness (QED) is 0.566. The lowest BCUT2D eigenvalue weighted by atomic mass is 9.99. The predicted octanol–water partition coefficient (Wildman–Crippen LogP) is 3.69. The van der Waals surface area contributed by atoms with Crippen molar-refractivity contribution >= 4 is 18.0 Å². The van der Waals surface area contributed by atoms with Crippen LogP contribution in [0.2, 0.25) is 0 Å². The molecule has 0 N–H and O–H groups in total. The van der Waals surface area contributed by atoms with Crippen molar-refractivity contribution in [3.8, 4) is 0 Å². The van der Waals surface area contributed by atoms with Crippen LogP contribution in [0.1, 0.15) is 24.8 Å². The fourth-order valence-electron chi connectivity index (χ4n) is 1.28. The van der Waals surface area contributed by atoms with Gasteiger partial charge >= 0.3 is 0 Å². The van der Waals surface area contributed by atoms with E-state index in [4.69, 9.17) is 0 Å². The Morgan fingerprint density at radius 2 is 2.20 bits per heavy atom. The molecule has 0 saturated carbocycles. The van der Waals surface area contributed by atoms with Crippen LogP contribution in [-0.4, -0.2) is 12.0 Å². The first kappa shape index (κ1) is 12.2. The van der Waals surface area contributed by atoms with Crippen LogP contribution in [0.15, 0.2) is 29.2 Å². The van der Waals surface area contributed by atoms with Crippen LogP contribution in [-0.2, 0) is 4.79 Å². The third-order valence-electron chi connectivity index (χ3n) is 2.10. The van der Waals surface area contributed by atoms with E-state index >= 15 is 0 Å². The van der Waals surface area contributed by atoms with E-state index in [2.05, 4.69) is 0 Å². The molecule has 0 spiro atoms. The first-order chi connectivity index (χ1) is 7.13. The zero-order valence-electron chi connectivity index (χ0n) is 8.32. The Morgan fingerprint density at radius 3 is 2.80 bits per heavy atom. The summed E-state index contributed by atoms with van der Waals surface area (Å²) in [7, 11) is 0. The van der Waals surface area contributed by atoms with Gasteiger partial charge in [0.15, 0.2) is 0 Å².